The smallest absolute Gasteiger partial charge is 0.419 e. The number of hydrogen-bond acceptors (Lipinski definition) is 3. The maximum absolute atomic E-state index is 14.9. The van der Waals surface area contributed by atoms with Crippen molar-refractivity contribution in [1.82, 2.24) is 9.97 Å². The molecule has 4 aromatic rings. The summed E-state index contributed by atoms with van der Waals surface area (Å²) in [4.78, 5) is 8.40. The molecular formula is C28H18F8N2O. The number of nitrogens with zero attached hydrogens (tertiary/aromatic N) is 2. The van der Waals surface area contributed by atoms with Crippen molar-refractivity contribution in [2.75, 3.05) is 0 Å². The van der Waals surface area contributed by atoms with Crippen molar-refractivity contribution in [3.8, 4) is 28.3 Å². The van der Waals surface area contributed by atoms with Crippen LogP contribution in [0.1, 0.15) is 24.5 Å². The van der Waals surface area contributed by atoms with Crippen LogP contribution in [0, 0.1) is 34.9 Å². The van der Waals surface area contributed by atoms with E-state index in [4.69, 9.17) is 0 Å². The van der Waals surface area contributed by atoms with E-state index >= 15 is 0 Å². The summed E-state index contributed by atoms with van der Waals surface area (Å²) in [5, 5.41) is 0. The zero-order valence-electron chi connectivity index (χ0n) is 20.1. The molecule has 0 atom stereocenters. The molecule has 0 aliphatic rings. The topological polar surface area (TPSA) is 35.0 Å². The highest BCUT2D eigenvalue weighted by atomic mass is 19.3. The van der Waals surface area contributed by atoms with Gasteiger partial charge < -0.3 is 4.74 Å². The number of halogens is 8. The summed E-state index contributed by atoms with van der Waals surface area (Å²) in [7, 11) is 0. The Morgan fingerprint density at radius 3 is 1.92 bits per heavy atom. The zero-order chi connectivity index (χ0) is 28.3. The lowest BCUT2D eigenvalue weighted by molar-refractivity contribution is -0.131. The average molecular weight is 550 g/mol. The van der Waals surface area contributed by atoms with Gasteiger partial charge in [0.05, 0.1) is 0 Å². The van der Waals surface area contributed by atoms with E-state index in [2.05, 4.69) is 14.7 Å². The third kappa shape index (κ3) is 6.42. The van der Waals surface area contributed by atoms with Crippen LogP contribution in [0.3, 0.4) is 0 Å². The van der Waals surface area contributed by atoms with E-state index in [0.717, 1.165) is 36.6 Å². The van der Waals surface area contributed by atoms with E-state index in [1.807, 2.05) is 6.92 Å². The second kappa shape index (κ2) is 11.2. The number of hydrogen-bond donors (Lipinski definition) is 0. The maximum Gasteiger partial charge on any atom is 0.419 e. The first-order chi connectivity index (χ1) is 18.5. The van der Waals surface area contributed by atoms with Gasteiger partial charge in [-0.25, -0.2) is 36.3 Å². The third-order valence-corrected chi connectivity index (χ3v) is 5.52. The van der Waals surface area contributed by atoms with Gasteiger partial charge >= 0.3 is 6.11 Å². The fourth-order valence-electron chi connectivity index (χ4n) is 3.67. The van der Waals surface area contributed by atoms with Crippen LogP contribution in [0.2, 0.25) is 0 Å². The summed E-state index contributed by atoms with van der Waals surface area (Å²) in [5.74, 6) is -9.64. The monoisotopic (exact) mass is 550 g/mol. The molecule has 1 aromatic heterocycles. The lowest BCUT2D eigenvalue weighted by Gasteiger charge is -2.15. The van der Waals surface area contributed by atoms with Crippen molar-refractivity contribution in [3.63, 3.8) is 0 Å². The third-order valence-electron chi connectivity index (χ3n) is 5.52. The van der Waals surface area contributed by atoms with Gasteiger partial charge in [0.2, 0.25) is 0 Å². The standard InChI is InChI=1S/C28H18F8N2O/c1-2-3-15-13-37-27(38-14-15)16-4-5-19(21(29)8-16)17-9-22(30)20(23(31)10-17)6-7-28(35,36)39-18-11-24(32)26(34)25(33)12-18/h4-14H,2-3H2,1H3/b7-6+. The van der Waals surface area contributed by atoms with Crippen LogP contribution >= 0.6 is 0 Å². The first-order valence-corrected chi connectivity index (χ1v) is 11.5. The van der Waals surface area contributed by atoms with Crippen molar-refractivity contribution in [1.29, 1.82) is 0 Å². The molecule has 0 saturated carbocycles. The molecule has 4 rings (SSSR count). The molecule has 0 amide bonds. The summed E-state index contributed by atoms with van der Waals surface area (Å²) in [6.45, 7) is 2.00. The minimum absolute atomic E-state index is 0.0610. The Balaban J connectivity index is 1.55. The highest BCUT2D eigenvalue weighted by Crippen LogP contribution is 2.31. The Morgan fingerprint density at radius 2 is 1.36 bits per heavy atom. The van der Waals surface area contributed by atoms with Crippen LogP contribution in [-0.2, 0) is 6.42 Å². The Bertz CT molecular complexity index is 1490. The van der Waals surface area contributed by atoms with E-state index in [1.54, 1.807) is 12.4 Å². The van der Waals surface area contributed by atoms with Crippen molar-refractivity contribution in [3.05, 3.63) is 107 Å². The molecule has 0 saturated heterocycles. The Kier molecular flexibility index (Phi) is 7.98. The Labute approximate surface area is 217 Å². The molecule has 11 heteroatoms. The van der Waals surface area contributed by atoms with Gasteiger partial charge in [-0.2, -0.15) is 8.78 Å². The van der Waals surface area contributed by atoms with E-state index in [0.29, 0.717) is 11.6 Å². The molecule has 0 bridgehead atoms. The van der Waals surface area contributed by atoms with Crippen LogP contribution in [0.25, 0.3) is 28.6 Å². The molecule has 3 aromatic carbocycles. The molecule has 0 spiro atoms. The number of alkyl halides is 2. The van der Waals surface area contributed by atoms with E-state index in [1.165, 1.54) is 12.1 Å². The van der Waals surface area contributed by atoms with Gasteiger partial charge in [-0.15, -0.1) is 0 Å². The summed E-state index contributed by atoms with van der Waals surface area (Å²) >= 11 is 0. The lowest BCUT2D eigenvalue weighted by Crippen LogP contribution is -2.21. The van der Waals surface area contributed by atoms with Crippen molar-refractivity contribution in [2.45, 2.75) is 25.9 Å². The quantitative estimate of drug-likeness (QED) is 0.164. The van der Waals surface area contributed by atoms with Crippen LogP contribution in [0.15, 0.2) is 60.9 Å². The molecule has 0 unspecified atom stereocenters. The van der Waals surface area contributed by atoms with Gasteiger partial charge in [0.1, 0.15) is 23.2 Å². The fraction of sp³-hybridized carbons (Fsp3) is 0.143. The SMILES string of the molecule is CCCc1cnc(-c2ccc(-c3cc(F)c(/C=C/C(F)(F)Oc4cc(F)c(F)c(F)c4)c(F)c3)c(F)c2)nc1. The van der Waals surface area contributed by atoms with Gasteiger partial charge in [0, 0.05) is 47.3 Å². The van der Waals surface area contributed by atoms with Crippen molar-refractivity contribution >= 4 is 6.08 Å². The summed E-state index contributed by atoms with van der Waals surface area (Å²) < 4.78 is 116. The summed E-state index contributed by atoms with van der Waals surface area (Å²) in [6.07, 6.45) is 0.946. The summed E-state index contributed by atoms with van der Waals surface area (Å²) in [6, 6.07) is 5.72. The van der Waals surface area contributed by atoms with Gasteiger partial charge in [0.15, 0.2) is 23.3 Å². The number of aromatic nitrogens is 2. The number of aryl methyl sites for hydroxylation is 1. The normalized spacial score (nSPS) is 11.8. The van der Waals surface area contributed by atoms with E-state index < -0.39 is 52.3 Å². The first kappa shape index (κ1) is 27.7. The van der Waals surface area contributed by atoms with Crippen molar-refractivity contribution in [2.24, 2.45) is 0 Å². The molecule has 0 N–H and O–H groups in total. The fourth-order valence-corrected chi connectivity index (χ4v) is 3.67. The van der Waals surface area contributed by atoms with Crippen LogP contribution in [-0.4, -0.2) is 16.1 Å². The maximum atomic E-state index is 14.9. The van der Waals surface area contributed by atoms with Gasteiger partial charge in [-0.1, -0.05) is 25.5 Å². The second-order valence-electron chi connectivity index (χ2n) is 8.41. The molecule has 3 nitrogen and oxygen atoms in total. The molecule has 202 valence electrons. The summed E-state index contributed by atoms with van der Waals surface area (Å²) in [5.41, 5.74) is -0.0190. The molecule has 39 heavy (non-hydrogen) atoms. The highest BCUT2D eigenvalue weighted by Gasteiger charge is 2.29. The molecule has 0 radical (unpaired) electrons. The molecule has 0 aliphatic heterocycles. The van der Waals surface area contributed by atoms with Gasteiger partial charge in [-0.05, 0) is 41.8 Å². The van der Waals surface area contributed by atoms with Crippen LogP contribution in [0.5, 0.6) is 5.75 Å². The molecule has 0 aliphatic carbocycles. The zero-order valence-corrected chi connectivity index (χ0v) is 20.1. The van der Waals surface area contributed by atoms with Gasteiger partial charge in [0.25, 0.3) is 0 Å². The van der Waals surface area contributed by atoms with Gasteiger partial charge in [-0.3, -0.25) is 0 Å². The van der Waals surface area contributed by atoms with Crippen LogP contribution < -0.4 is 4.74 Å². The Hall–Kier alpha value is -4.28. The van der Waals surface area contributed by atoms with Crippen molar-refractivity contribution < 1.29 is 39.9 Å². The number of rotatable bonds is 8. The minimum Gasteiger partial charge on any atom is -0.429 e. The van der Waals surface area contributed by atoms with E-state index in [-0.39, 0.29) is 35.2 Å². The largest absolute Gasteiger partial charge is 0.429 e. The predicted molar refractivity (Wildman–Crippen MR) is 128 cm³/mol. The number of ether oxygens (including phenoxy) is 1. The second-order valence-corrected chi connectivity index (χ2v) is 8.41. The minimum atomic E-state index is -4.28. The van der Waals surface area contributed by atoms with Crippen LogP contribution in [0.4, 0.5) is 35.1 Å². The molecule has 1 heterocycles. The molecular weight excluding hydrogens is 532 g/mol. The molecule has 0 fully saturated rings. The Morgan fingerprint density at radius 1 is 0.769 bits per heavy atom. The highest BCUT2D eigenvalue weighted by molar-refractivity contribution is 5.70. The first-order valence-electron chi connectivity index (χ1n) is 11.5. The number of benzene rings is 3. The van der Waals surface area contributed by atoms with E-state index in [9.17, 15) is 35.1 Å². The average Bonchev–Trinajstić information content (AvgIpc) is 2.87. The predicted octanol–water partition coefficient (Wildman–Crippen LogP) is 8.28. The lowest BCUT2D eigenvalue weighted by atomic mass is 10.0.